The van der Waals surface area contributed by atoms with Crippen molar-refractivity contribution in [3.8, 4) is 0 Å². The second-order valence-corrected chi connectivity index (χ2v) is 7.05. The molecule has 1 heterocycles. The van der Waals surface area contributed by atoms with Gasteiger partial charge >= 0.3 is 0 Å². The summed E-state index contributed by atoms with van der Waals surface area (Å²) >= 11 is 4.23. The number of hydrogen-bond donors (Lipinski definition) is 1. The third-order valence-electron chi connectivity index (χ3n) is 3.42. The molecule has 1 aliphatic rings. The number of halogens is 1. The third-order valence-corrected chi connectivity index (χ3v) is 5.05. The van der Waals surface area contributed by atoms with Gasteiger partial charge in [-0.1, -0.05) is 52.3 Å². The molecule has 1 N–H and O–H groups in total. The largest absolute Gasteiger partial charge is 0.325 e. The normalized spacial score (nSPS) is 15.7. The van der Waals surface area contributed by atoms with Gasteiger partial charge in [0.25, 0.3) is 11.1 Å². The molecule has 7 heteroatoms. The molecule has 0 saturated carbocycles. The Hall–Kier alpha value is -2.38. The van der Waals surface area contributed by atoms with Gasteiger partial charge < -0.3 is 5.32 Å². The standard InChI is InChI=1S/C18H13BrN2O3S/c19-14-9-5-4-6-12(14)10-15-17(23)21(18(24)25-15)11-16(22)20-13-7-2-1-3-8-13/h1-10H,11H2,(H,20,22)/b15-10-. The highest BCUT2D eigenvalue weighted by molar-refractivity contribution is 9.10. The van der Waals surface area contributed by atoms with Crippen molar-refractivity contribution < 1.29 is 14.4 Å². The Balaban J connectivity index is 1.71. The molecule has 0 radical (unpaired) electrons. The van der Waals surface area contributed by atoms with Gasteiger partial charge in [0.05, 0.1) is 4.91 Å². The van der Waals surface area contributed by atoms with Gasteiger partial charge in [-0.25, -0.2) is 0 Å². The number of carbonyl (C=O) groups is 3. The summed E-state index contributed by atoms with van der Waals surface area (Å²) in [6.07, 6.45) is 1.64. The van der Waals surface area contributed by atoms with Crippen LogP contribution in [-0.4, -0.2) is 28.5 Å². The molecule has 3 amide bonds. The molecule has 0 spiro atoms. The van der Waals surface area contributed by atoms with Crippen molar-refractivity contribution >= 4 is 56.5 Å². The summed E-state index contributed by atoms with van der Waals surface area (Å²) in [6.45, 7) is -0.313. The average molecular weight is 417 g/mol. The number of nitrogens with zero attached hydrogens (tertiary/aromatic N) is 1. The first-order chi connectivity index (χ1) is 12.0. The van der Waals surface area contributed by atoms with E-state index in [2.05, 4.69) is 21.2 Å². The van der Waals surface area contributed by atoms with Crippen molar-refractivity contribution in [3.63, 3.8) is 0 Å². The van der Waals surface area contributed by atoms with E-state index in [9.17, 15) is 14.4 Å². The zero-order valence-electron chi connectivity index (χ0n) is 12.9. The molecule has 0 aromatic heterocycles. The lowest BCUT2D eigenvalue weighted by molar-refractivity contribution is -0.127. The van der Waals surface area contributed by atoms with E-state index in [1.165, 1.54) is 0 Å². The molecule has 25 heavy (non-hydrogen) atoms. The van der Waals surface area contributed by atoms with Gasteiger partial charge in [-0.05, 0) is 41.6 Å². The van der Waals surface area contributed by atoms with Gasteiger partial charge in [-0.2, -0.15) is 0 Å². The van der Waals surface area contributed by atoms with Crippen LogP contribution < -0.4 is 5.32 Å². The lowest BCUT2D eigenvalue weighted by Gasteiger charge is -2.12. The molecule has 1 fully saturated rings. The van der Waals surface area contributed by atoms with Gasteiger partial charge in [0.1, 0.15) is 6.54 Å². The number of nitrogens with one attached hydrogen (secondary N) is 1. The summed E-state index contributed by atoms with van der Waals surface area (Å²) in [5, 5.41) is 2.21. The smallest absolute Gasteiger partial charge is 0.294 e. The predicted molar refractivity (Wildman–Crippen MR) is 102 cm³/mol. The fraction of sp³-hybridized carbons (Fsp3) is 0.0556. The third kappa shape index (κ3) is 4.18. The van der Waals surface area contributed by atoms with Crippen molar-refractivity contribution in [2.75, 3.05) is 11.9 Å². The summed E-state index contributed by atoms with van der Waals surface area (Å²) < 4.78 is 0.823. The Labute approximate surface area is 157 Å². The number of benzene rings is 2. The molecule has 126 valence electrons. The zero-order chi connectivity index (χ0) is 17.8. The molecule has 5 nitrogen and oxygen atoms in total. The topological polar surface area (TPSA) is 66.5 Å². The van der Waals surface area contributed by atoms with Crippen LogP contribution in [0, 0.1) is 0 Å². The van der Waals surface area contributed by atoms with Crippen molar-refractivity contribution in [2.24, 2.45) is 0 Å². The molecule has 0 aliphatic carbocycles. The van der Waals surface area contributed by atoms with Gasteiger partial charge in [-0.15, -0.1) is 0 Å². The Kier molecular flexibility index (Phi) is 5.35. The van der Waals surface area contributed by atoms with E-state index in [0.717, 1.165) is 26.7 Å². The van der Waals surface area contributed by atoms with E-state index in [1.807, 2.05) is 30.3 Å². The second-order valence-electron chi connectivity index (χ2n) is 5.20. The molecular weight excluding hydrogens is 404 g/mol. The van der Waals surface area contributed by atoms with Gasteiger partial charge in [0.2, 0.25) is 5.91 Å². The van der Waals surface area contributed by atoms with Crippen LogP contribution in [0.2, 0.25) is 0 Å². The zero-order valence-corrected chi connectivity index (χ0v) is 15.3. The minimum atomic E-state index is -0.464. The first-order valence-electron chi connectivity index (χ1n) is 7.39. The second kappa shape index (κ2) is 7.67. The van der Waals surface area contributed by atoms with E-state index in [1.54, 1.807) is 30.3 Å². The highest BCUT2D eigenvalue weighted by Gasteiger charge is 2.36. The first-order valence-corrected chi connectivity index (χ1v) is 9.00. The van der Waals surface area contributed by atoms with Crippen molar-refractivity contribution in [3.05, 3.63) is 69.5 Å². The van der Waals surface area contributed by atoms with Crippen LogP contribution in [-0.2, 0) is 9.59 Å². The minimum Gasteiger partial charge on any atom is -0.325 e. The SMILES string of the molecule is O=C(CN1C(=O)S/C(=C\c2ccccc2Br)C1=O)Nc1ccccc1. The molecule has 0 bridgehead atoms. The number of hydrogen-bond acceptors (Lipinski definition) is 4. The van der Waals surface area contributed by atoms with Gasteiger partial charge in [0.15, 0.2) is 0 Å². The summed E-state index contributed by atoms with van der Waals surface area (Å²) in [5.41, 5.74) is 1.41. The van der Waals surface area contributed by atoms with Gasteiger partial charge in [-0.3, -0.25) is 19.3 Å². The number of thioether (sulfide) groups is 1. The fourth-order valence-corrected chi connectivity index (χ4v) is 3.46. The summed E-state index contributed by atoms with van der Waals surface area (Å²) in [5.74, 6) is -0.885. The molecule has 2 aromatic carbocycles. The van der Waals surface area contributed by atoms with Crippen molar-refractivity contribution in [1.82, 2.24) is 4.90 Å². The number of amides is 3. The number of imide groups is 1. The molecule has 0 unspecified atom stereocenters. The maximum atomic E-state index is 12.4. The predicted octanol–water partition coefficient (Wildman–Crippen LogP) is 4.12. The highest BCUT2D eigenvalue weighted by atomic mass is 79.9. The van der Waals surface area contributed by atoms with E-state index >= 15 is 0 Å². The number of para-hydroxylation sites is 1. The van der Waals surface area contributed by atoms with Gasteiger partial charge in [0, 0.05) is 10.2 Å². The fourth-order valence-electron chi connectivity index (χ4n) is 2.24. The Morgan fingerprint density at radius 2 is 1.76 bits per heavy atom. The van der Waals surface area contributed by atoms with E-state index in [0.29, 0.717) is 10.6 Å². The van der Waals surface area contributed by atoms with E-state index in [4.69, 9.17) is 0 Å². The molecule has 0 atom stereocenters. The number of anilines is 1. The number of rotatable bonds is 4. The molecular formula is C18H13BrN2O3S. The monoisotopic (exact) mass is 416 g/mol. The maximum Gasteiger partial charge on any atom is 0.294 e. The lowest BCUT2D eigenvalue weighted by Crippen LogP contribution is -2.36. The number of carbonyl (C=O) groups excluding carboxylic acids is 3. The average Bonchev–Trinajstić information content (AvgIpc) is 2.85. The molecule has 1 aliphatic heterocycles. The van der Waals surface area contributed by atoms with Crippen LogP contribution in [0.25, 0.3) is 6.08 Å². The van der Waals surface area contributed by atoms with Crippen LogP contribution in [0.3, 0.4) is 0 Å². The Morgan fingerprint density at radius 3 is 2.48 bits per heavy atom. The lowest BCUT2D eigenvalue weighted by atomic mass is 10.2. The summed E-state index contributed by atoms with van der Waals surface area (Å²) in [7, 11) is 0. The summed E-state index contributed by atoms with van der Waals surface area (Å²) in [4.78, 5) is 37.9. The van der Waals surface area contributed by atoms with Crippen LogP contribution >= 0.6 is 27.7 Å². The van der Waals surface area contributed by atoms with Crippen molar-refractivity contribution in [2.45, 2.75) is 0 Å². The highest BCUT2D eigenvalue weighted by Crippen LogP contribution is 2.33. The molecule has 1 saturated heterocycles. The van der Waals surface area contributed by atoms with Crippen LogP contribution in [0.5, 0.6) is 0 Å². The minimum absolute atomic E-state index is 0.296. The van der Waals surface area contributed by atoms with Crippen LogP contribution in [0.15, 0.2) is 64.0 Å². The maximum absolute atomic E-state index is 12.4. The summed E-state index contributed by atoms with van der Waals surface area (Å²) in [6, 6.07) is 16.3. The van der Waals surface area contributed by atoms with E-state index < -0.39 is 17.1 Å². The Bertz CT molecular complexity index is 868. The molecule has 2 aromatic rings. The van der Waals surface area contributed by atoms with Crippen LogP contribution in [0.1, 0.15) is 5.56 Å². The van der Waals surface area contributed by atoms with Crippen molar-refractivity contribution in [1.29, 1.82) is 0 Å². The van der Waals surface area contributed by atoms with E-state index in [-0.39, 0.29) is 6.54 Å². The quantitative estimate of drug-likeness (QED) is 0.760. The molecule has 3 rings (SSSR count). The Morgan fingerprint density at radius 1 is 1.08 bits per heavy atom. The van der Waals surface area contributed by atoms with Crippen LogP contribution in [0.4, 0.5) is 10.5 Å². The first kappa shape index (κ1) is 17.4.